The van der Waals surface area contributed by atoms with E-state index in [-0.39, 0.29) is 30.9 Å². The lowest BCUT2D eigenvalue weighted by Crippen LogP contribution is -2.51. The molecule has 0 amide bonds. The van der Waals surface area contributed by atoms with Crippen LogP contribution < -0.4 is 5.12 Å². The van der Waals surface area contributed by atoms with Gasteiger partial charge in [0.1, 0.15) is 11.3 Å². The van der Waals surface area contributed by atoms with E-state index >= 15 is 0 Å². The van der Waals surface area contributed by atoms with Crippen LogP contribution in [0.4, 0.5) is 5.69 Å². The summed E-state index contributed by atoms with van der Waals surface area (Å²) < 4.78 is 11.0. The molecule has 2 aliphatic rings. The summed E-state index contributed by atoms with van der Waals surface area (Å²) in [7, 11) is 0. The van der Waals surface area contributed by atoms with Gasteiger partial charge < -0.3 is 9.47 Å². The van der Waals surface area contributed by atoms with Crippen molar-refractivity contribution in [3.8, 4) is 0 Å². The average molecular weight is 496 g/mol. The molecule has 0 radical (unpaired) electrons. The molecule has 1 unspecified atom stereocenters. The minimum atomic E-state index is -1.21. The van der Waals surface area contributed by atoms with Gasteiger partial charge in [0, 0.05) is 5.56 Å². The number of fused-ring (bicyclic) bond motifs is 1. The van der Waals surface area contributed by atoms with Crippen LogP contribution in [0.25, 0.3) is 0 Å². The van der Waals surface area contributed by atoms with E-state index in [1.54, 1.807) is 19.0 Å². The van der Waals surface area contributed by atoms with Crippen LogP contribution in [0.1, 0.15) is 30.5 Å². The van der Waals surface area contributed by atoms with Crippen molar-refractivity contribution in [1.82, 2.24) is 5.01 Å². The second kappa shape index (κ2) is 10.0. The summed E-state index contributed by atoms with van der Waals surface area (Å²) in [5.41, 5.74) is 3.48. The van der Waals surface area contributed by atoms with Crippen LogP contribution in [-0.2, 0) is 24.6 Å². The Kier molecular flexibility index (Phi) is 6.63. The van der Waals surface area contributed by atoms with Gasteiger partial charge >= 0.3 is 11.9 Å². The SMILES string of the molecule is CCOC(=O)C1=C(C(=O)OCC)C2(c3ccccc3)C(c3ccccc3)=NN(c3ccc(C)cc3)N2C1. The third-order valence-corrected chi connectivity index (χ3v) is 6.63. The highest BCUT2D eigenvalue weighted by atomic mass is 16.5. The van der Waals surface area contributed by atoms with Gasteiger partial charge in [0.05, 0.1) is 36.6 Å². The minimum Gasteiger partial charge on any atom is -0.463 e. The number of hydrogen-bond acceptors (Lipinski definition) is 7. The summed E-state index contributed by atoms with van der Waals surface area (Å²) in [6, 6.07) is 27.4. The van der Waals surface area contributed by atoms with Crippen molar-refractivity contribution in [3.05, 3.63) is 113 Å². The number of hydrogen-bond donors (Lipinski definition) is 0. The molecular weight excluding hydrogens is 466 g/mol. The summed E-state index contributed by atoms with van der Waals surface area (Å²) in [4.78, 5) is 27.1. The van der Waals surface area contributed by atoms with Gasteiger partial charge in [-0.05, 0) is 38.5 Å². The van der Waals surface area contributed by atoms with Gasteiger partial charge in [0.15, 0.2) is 0 Å². The molecule has 0 saturated carbocycles. The number of anilines is 1. The molecule has 7 heteroatoms. The fourth-order valence-corrected chi connectivity index (χ4v) is 5.07. The van der Waals surface area contributed by atoms with Gasteiger partial charge in [-0.1, -0.05) is 78.4 Å². The summed E-state index contributed by atoms with van der Waals surface area (Å²) in [6.45, 7) is 6.01. The number of benzene rings is 3. The van der Waals surface area contributed by atoms with Gasteiger partial charge in [-0.2, -0.15) is 15.2 Å². The van der Waals surface area contributed by atoms with Gasteiger partial charge in [-0.15, -0.1) is 0 Å². The Morgan fingerprint density at radius 2 is 1.43 bits per heavy atom. The Morgan fingerprint density at radius 3 is 2.05 bits per heavy atom. The third kappa shape index (κ3) is 4.01. The van der Waals surface area contributed by atoms with Gasteiger partial charge in [0.2, 0.25) is 0 Å². The highest BCUT2D eigenvalue weighted by Gasteiger charge is 2.62. The van der Waals surface area contributed by atoms with E-state index < -0.39 is 17.5 Å². The molecule has 3 aromatic rings. The standard InChI is InChI=1S/C30H29N3O4/c1-4-36-28(34)25-20-32-30(23-14-10-7-11-15-23,26(25)29(35)37-5-2)27(22-12-8-6-9-13-22)31-33(32)24-18-16-21(3)17-19-24/h6-19H,4-5,20H2,1-3H3. The molecule has 188 valence electrons. The lowest BCUT2D eigenvalue weighted by Gasteiger charge is -2.38. The monoisotopic (exact) mass is 495 g/mol. The van der Waals surface area contributed by atoms with Crippen LogP contribution in [0, 0.1) is 6.92 Å². The first-order valence-corrected chi connectivity index (χ1v) is 12.4. The first-order chi connectivity index (χ1) is 18.0. The summed E-state index contributed by atoms with van der Waals surface area (Å²) in [5, 5.41) is 8.86. The third-order valence-electron chi connectivity index (χ3n) is 6.63. The van der Waals surface area contributed by atoms with E-state index in [4.69, 9.17) is 14.6 Å². The van der Waals surface area contributed by atoms with Crippen molar-refractivity contribution < 1.29 is 19.1 Å². The number of aryl methyl sites for hydroxylation is 1. The molecular formula is C30H29N3O4. The van der Waals surface area contributed by atoms with Gasteiger partial charge in [-0.25, -0.2) is 9.59 Å². The molecule has 0 N–H and O–H groups in total. The second-order valence-electron chi connectivity index (χ2n) is 8.87. The molecule has 3 aromatic carbocycles. The predicted octanol–water partition coefficient (Wildman–Crippen LogP) is 4.77. The van der Waals surface area contributed by atoms with Crippen LogP contribution in [0.5, 0.6) is 0 Å². The normalized spacial score (nSPS) is 19.0. The minimum absolute atomic E-state index is 0.121. The molecule has 0 aromatic heterocycles. The fraction of sp³-hybridized carbons (Fsp3) is 0.233. The Bertz CT molecular complexity index is 1370. The molecule has 2 heterocycles. The Hall–Kier alpha value is -4.23. The molecule has 0 bridgehead atoms. The van der Waals surface area contributed by atoms with Gasteiger partial charge in [-0.3, -0.25) is 0 Å². The van der Waals surface area contributed by atoms with Crippen LogP contribution in [0.2, 0.25) is 0 Å². The smallest absolute Gasteiger partial charge is 0.337 e. The topological polar surface area (TPSA) is 71.4 Å². The number of nitrogens with zero attached hydrogens (tertiary/aromatic N) is 3. The zero-order valence-corrected chi connectivity index (χ0v) is 21.2. The number of esters is 2. The summed E-state index contributed by atoms with van der Waals surface area (Å²) in [6.07, 6.45) is 0. The maximum Gasteiger partial charge on any atom is 0.337 e. The number of ether oxygens (including phenoxy) is 2. The van der Waals surface area contributed by atoms with Crippen molar-refractivity contribution in [1.29, 1.82) is 0 Å². The highest BCUT2D eigenvalue weighted by Crippen LogP contribution is 2.51. The molecule has 37 heavy (non-hydrogen) atoms. The van der Waals surface area contributed by atoms with E-state index in [1.807, 2.05) is 96.9 Å². The first kappa shape index (κ1) is 24.5. The van der Waals surface area contributed by atoms with E-state index in [1.165, 1.54) is 0 Å². The quantitative estimate of drug-likeness (QED) is 0.440. The molecule has 7 nitrogen and oxygen atoms in total. The molecule has 0 fully saturated rings. The average Bonchev–Trinajstić information content (AvgIpc) is 3.44. The van der Waals surface area contributed by atoms with Crippen LogP contribution in [0.15, 0.2) is 101 Å². The number of carbonyl (C=O) groups is 2. The van der Waals surface area contributed by atoms with E-state index in [9.17, 15) is 9.59 Å². The summed E-state index contributed by atoms with van der Waals surface area (Å²) in [5.74, 6) is -1.10. The number of rotatable bonds is 7. The lowest BCUT2D eigenvalue weighted by molar-refractivity contribution is -0.141. The van der Waals surface area contributed by atoms with Crippen molar-refractivity contribution in [2.75, 3.05) is 24.9 Å². The number of hydrazone groups is 1. The molecule has 2 aliphatic heterocycles. The van der Waals surface area contributed by atoms with E-state index in [0.29, 0.717) is 5.71 Å². The van der Waals surface area contributed by atoms with E-state index in [2.05, 4.69) is 0 Å². The molecule has 5 rings (SSSR count). The lowest BCUT2D eigenvalue weighted by atomic mass is 9.76. The predicted molar refractivity (Wildman–Crippen MR) is 142 cm³/mol. The first-order valence-electron chi connectivity index (χ1n) is 12.4. The Balaban J connectivity index is 1.84. The van der Waals surface area contributed by atoms with E-state index in [0.717, 1.165) is 22.4 Å². The largest absolute Gasteiger partial charge is 0.463 e. The van der Waals surface area contributed by atoms with Gasteiger partial charge in [0.25, 0.3) is 0 Å². The van der Waals surface area contributed by atoms with Crippen LogP contribution in [-0.4, -0.2) is 42.4 Å². The van der Waals surface area contributed by atoms with Crippen molar-refractivity contribution in [2.24, 2.45) is 5.10 Å². The molecule has 0 saturated heterocycles. The number of hydrazine groups is 1. The molecule has 0 spiro atoms. The van der Waals surface area contributed by atoms with Crippen molar-refractivity contribution >= 4 is 23.3 Å². The van der Waals surface area contributed by atoms with Crippen LogP contribution in [0.3, 0.4) is 0 Å². The van der Waals surface area contributed by atoms with Crippen molar-refractivity contribution in [2.45, 2.75) is 26.3 Å². The Labute approximate surface area is 216 Å². The number of carbonyl (C=O) groups excluding carboxylic acids is 2. The van der Waals surface area contributed by atoms with Crippen molar-refractivity contribution in [3.63, 3.8) is 0 Å². The zero-order valence-electron chi connectivity index (χ0n) is 21.2. The highest BCUT2D eigenvalue weighted by molar-refractivity contribution is 6.19. The Morgan fingerprint density at radius 1 is 0.838 bits per heavy atom. The molecule has 1 atom stereocenters. The second-order valence-corrected chi connectivity index (χ2v) is 8.87. The maximum atomic E-state index is 13.8. The fourth-order valence-electron chi connectivity index (χ4n) is 5.07. The maximum absolute atomic E-state index is 13.8. The summed E-state index contributed by atoms with van der Waals surface area (Å²) >= 11 is 0. The van der Waals surface area contributed by atoms with Crippen LogP contribution >= 0.6 is 0 Å². The zero-order chi connectivity index (χ0) is 26.0. The molecule has 0 aliphatic carbocycles.